The number of carboxylic acid groups (broad SMARTS) is 1. The van der Waals surface area contributed by atoms with Gasteiger partial charge in [-0.3, -0.25) is 9.69 Å². The second kappa shape index (κ2) is 7.70. The first-order valence-electron chi connectivity index (χ1n) is 9.04. The second-order valence-corrected chi connectivity index (χ2v) is 7.31. The van der Waals surface area contributed by atoms with Gasteiger partial charge in [0.1, 0.15) is 16.9 Å². The third-order valence-corrected chi connectivity index (χ3v) is 5.50. The predicted octanol–water partition coefficient (Wildman–Crippen LogP) is 2.18. The Morgan fingerprint density at radius 1 is 1.44 bits per heavy atom. The first-order chi connectivity index (χ1) is 12.9. The van der Waals surface area contributed by atoms with Gasteiger partial charge in [-0.15, -0.1) is 0 Å². The van der Waals surface area contributed by atoms with E-state index in [0.29, 0.717) is 25.3 Å². The van der Waals surface area contributed by atoms with Crippen LogP contribution in [0.4, 0.5) is 0 Å². The number of nitrogens with zero attached hydrogens (tertiary/aromatic N) is 2. The Hall–Kier alpha value is -2.38. The minimum Gasteiger partial charge on any atom is -0.497 e. The number of likely N-dealkylation sites (tertiary alicyclic amines) is 1. The molecule has 0 unspecified atom stereocenters. The molecule has 0 amide bonds. The van der Waals surface area contributed by atoms with Crippen LogP contribution < -0.4 is 4.74 Å². The number of benzene rings is 1. The highest BCUT2D eigenvalue weighted by Crippen LogP contribution is 2.36. The van der Waals surface area contributed by atoms with Gasteiger partial charge in [0.2, 0.25) is 0 Å². The Labute approximate surface area is 158 Å². The second-order valence-electron chi connectivity index (χ2n) is 7.31. The van der Waals surface area contributed by atoms with Crippen LogP contribution in [0.15, 0.2) is 28.8 Å². The van der Waals surface area contributed by atoms with Gasteiger partial charge in [-0.05, 0) is 44.4 Å². The van der Waals surface area contributed by atoms with Crippen molar-refractivity contribution >= 4 is 5.97 Å². The number of ether oxygens (including phenoxy) is 1. The lowest BCUT2D eigenvalue weighted by Gasteiger charge is -2.43. The zero-order valence-corrected chi connectivity index (χ0v) is 15.9. The Bertz CT molecular complexity index is 799. The van der Waals surface area contributed by atoms with E-state index in [-0.39, 0.29) is 13.0 Å². The van der Waals surface area contributed by atoms with Gasteiger partial charge in [0.25, 0.3) is 0 Å². The number of aliphatic carboxylic acids is 1. The van der Waals surface area contributed by atoms with Crippen molar-refractivity contribution in [3.63, 3.8) is 0 Å². The van der Waals surface area contributed by atoms with Crippen molar-refractivity contribution in [2.45, 2.75) is 39.3 Å². The van der Waals surface area contributed by atoms with Crippen LogP contribution in [0, 0.1) is 19.3 Å². The smallest absolute Gasteiger partial charge is 0.313 e. The van der Waals surface area contributed by atoms with E-state index < -0.39 is 17.5 Å². The van der Waals surface area contributed by atoms with Gasteiger partial charge < -0.3 is 19.5 Å². The number of carboxylic acids is 1. The quantitative estimate of drug-likeness (QED) is 0.800. The van der Waals surface area contributed by atoms with E-state index in [1.54, 1.807) is 7.11 Å². The van der Waals surface area contributed by atoms with E-state index in [0.717, 1.165) is 22.6 Å². The molecule has 1 aliphatic heterocycles. The van der Waals surface area contributed by atoms with Crippen LogP contribution in [0.5, 0.6) is 5.75 Å². The maximum atomic E-state index is 12.3. The van der Waals surface area contributed by atoms with Crippen LogP contribution >= 0.6 is 0 Å². The summed E-state index contributed by atoms with van der Waals surface area (Å²) in [6.07, 6.45) is -0.277. The maximum Gasteiger partial charge on any atom is 0.313 e. The number of rotatable bonds is 6. The number of carbonyl (C=O) groups is 1. The molecule has 2 atom stereocenters. The lowest BCUT2D eigenvalue weighted by Crippen LogP contribution is -2.56. The predicted molar refractivity (Wildman–Crippen MR) is 98.6 cm³/mol. The molecular formula is C20H26N2O5. The number of aliphatic hydroxyl groups is 1. The monoisotopic (exact) mass is 374 g/mol. The summed E-state index contributed by atoms with van der Waals surface area (Å²) in [5, 5.41) is 24.7. The van der Waals surface area contributed by atoms with Crippen LogP contribution in [0.2, 0.25) is 0 Å². The minimum absolute atomic E-state index is 0.235. The zero-order chi connectivity index (χ0) is 19.6. The standard InChI is InChI=1S/C20H26N2O5/c1-13-17(14(2)27-21-13)11-22-8-7-18(23)20(12-22,19(24)25)10-15-5-4-6-16(9-15)26-3/h4-6,9,18,23H,7-8,10-12H2,1-3H3,(H,24,25)/t18-,20-/m1/s1. The van der Waals surface area contributed by atoms with Crippen molar-refractivity contribution in [2.75, 3.05) is 20.2 Å². The number of hydrogen-bond acceptors (Lipinski definition) is 6. The molecule has 1 aromatic carbocycles. The van der Waals surface area contributed by atoms with E-state index in [4.69, 9.17) is 9.26 Å². The Kier molecular flexibility index (Phi) is 5.53. The molecule has 1 saturated heterocycles. The highest BCUT2D eigenvalue weighted by Gasteiger charge is 2.49. The topological polar surface area (TPSA) is 96.0 Å². The molecule has 0 aliphatic carbocycles. The third kappa shape index (κ3) is 3.84. The maximum absolute atomic E-state index is 12.3. The number of aliphatic hydroxyl groups excluding tert-OH is 1. The molecular weight excluding hydrogens is 348 g/mol. The normalized spacial score (nSPS) is 23.3. The van der Waals surface area contributed by atoms with Gasteiger partial charge >= 0.3 is 5.97 Å². The average Bonchev–Trinajstić information content (AvgIpc) is 2.96. The molecule has 0 saturated carbocycles. The van der Waals surface area contributed by atoms with E-state index in [1.807, 2.05) is 38.1 Å². The molecule has 146 valence electrons. The van der Waals surface area contributed by atoms with Gasteiger partial charge in [0.05, 0.1) is 18.9 Å². The molecule has 2 N–H and O–H groups in total. The molecule has 1 aliphatic rings. The van der Waals surface area contributed by atoms with Gasteiger partial charge in [0.15, 0.2) is 0 Å². The first kappa shape index (κ1) is 19.4. The SMILES string of the molecule is COc1cccc(C[C@@]2(C(=O)O)CN(Cc3c(C)noc3C)CC[C@H]2O)c1. The lowest BCUT2D eigenvalue weighted by atomic mass is 9.72. The molecule has 7 heteroatoms. The molecule has 27 heavy (non-hydrogen) atoms. The van der Waals surface area contributed by atoms with Crippen molar-refractivity contribution in [3.8, 4) is 5.75 Å². The third-order valence-electron chi connectivity index (χ3n) is 5.50. The largest absolute Gasteiger partial charge is 0.497 e. The summed E-state index contributed by atoms with van der Waals surface area (Å²) in [5.41, 5.74) is 1.35. The van der Waals surface area contributed by atoms with Crippen molar-refractivity contribution in [2.24, 2.45) is 5.41 Å². The van der Waals surface area contributed by atoms with Crippen molar-refractivity contribution < 1.29 is 24.3 Å². The summed E-state index contributed by atoms with van der Waals surface area (Å²) in [4.78, 5) is 14.3. The molecule has 1 fully saturated rings. The van der Waals surface area contributed by atoms with E-state index in [1.165, 1.54) is 0 Å². The van der Waals surface area contributed by atoms with E-state index in [9.17, 15) is 15.0 Å². The first-order valence-corrected chi connectivity index (χ1v) is 9.04. The molecule has 2 aromatic rings. The van der Waals surface area contributed by atoms with Gasteiger partial charge in [-0.1, -0.05) is 17.3 Å². The lowest BCUT2D eigenvalue weighted by molar-refractivity contribution is -0.163. The van der Waals surface area contributed by atoms with Crippen molar-refractivity contribution in [1.82, 2.24) is 10.1 Å². The Morgan fingerprint density at radius 2 is 2.22 bits per heavy atom. The summed E-state index contributed by atoms with van der Waals surface area (Å²) in [7, 11) is 1.58. The molecule has 2 heterocycles. The summed E-state index contributed by atoms with van der Waals surface area (Å²) in [5.74, 6) is 0.430. The van der Waals surface area contributed by atoms with Crippen molar-refractivity contribution in [1.29, 1.82) is 0 Å². The van der Waals surface area contributed by atoms with Crippen LogP contribution in [0.1, 0.15) is 29.0 Å². The highest BCUT2D eigenvalue weighted by molar-refractivity contribution is 5.76. The fourth-order valence-corrected chi connectivity index (χ4v) is 3.86. The Balaban J connectivity index is 1.86. The van der Waals surface area contributed by atoms with Gasteiger partial charge in [0, 0.05) is 25.2 Å². The molecule has 0 bridgehead atoms. The van der Waals surface area contributed by atoms with Crippen LogP contribution in [0.3, 0.4) is 0 Å². The minimum atomic E-state index is -1.27. The van der Waals surface area contributed by atoms with Gasteiger partial charge in [-0.25, -0.2) is 0 Å². The fourth-order valence-electron chi connectivity index (χ4n) is 3.86. The molecule has 1 aromatic heterocycles. The summed E-state index contributed by atoms with van der Waals surface area (Å²) in [6.45, 7) is 5.17. The van der Waals surface area contributed by atoms with Crippen LogP contribution in [-0.2, 0) is 17.8 Å². The zero-order valence-electron chi connectivity index (χ0n) is 15.9. The number of aromatic nitrogens is 1. The molecule has 0 radical (unpaired) electrons. The molecule has 3 rings (SSSR count). The summed E-state index contributed by atoms with van der Waals surface area (Å²) < 4.78 is 10.5. The van der Waals surface area contributed by atoms with Crippen LogP contribution in [-0.4, -0.2) is 52.5 Å². The number of piperidine rings is 1. The van der Waals surface area contributed by atoms with Gasteiger partial charge in [-0.2, -0.15) is 0 Å². The van der Waals surface area contributed by atoms with E-state index >= 15 is 0 Å². The molecule has 7 nitrogen and oxygen atoms in total. The van der Waals surface area contributed by atoms with Crippen molar-refractivity contribution in [3.05, 3.63) is 46.8 Å². The van der Waals surface area contributed by atoms with Crippen LogP contribution in [0.25, 0.3) is 0 Å². The number of hydrogen-bond donors (Lipinski definition) is 2. The molecule has 0 spiro atoms. The fraction of sp³-hybridized carbons (Fsp3) is 0.500. The Morgan fingerprint density at radius 3 is 2.85 bits per heavy atom. The average molecular weight is 374 g/mol. The number of aryl methyl sites for hydroxylation is 2. The highest BCUT2D eigenvalue weighted by atomic mass is 16.5. The summed E-state index contributed by atoms with van der Waals surface area (Å²) in [6, 6.07) is 7.34. The van der Waals surface area contributed by atoms with E-state index in [2.05, 4.69) is 10.1 Å². The number of methoxy groups -OCH3 is 1. The summed E-state index contributed by atoms with van der Waals surface area (Å²) >= 11 is 0.